The van der Waals surface area contributed by atoms with E-state index in [1.54, 1.807) is 68.4 Å². The van der Waals surface area contributed by atoms with Crippen LogP contribution in [0.1, 0.15) is 53.2 Å². The fourth-order valence-corrected chi connectivity index (χ4v) is 5.28. The second kappa shape index (κ2) is 13.1. The molecule has 40 heavy (non-hydrogen) atoms. The summed E-state index contributed by atoms with van der Waals surface area (Å²) in [5, 5.41) is 3.98. The number of benzene rings is 3. The Morgan fingerprint density at radius 1 is 1.07 bits per heavy atom. The van der Waals surface area contributed by atoms with Crippen LogP contribution < -0.4 is 5.32 Å². The number of halogens is 3. The largest absolute Gasteiger partial charge is 0.463 e. The van der Waals surface area contributed by atoms with Crippen molar-refractivity contribution < 1.29 is 23.5 Å². The molecule has 1 heterocycles. The normalized spacial score (nSPS) is 15.3. The lowest BCUT2D eigenvalue weighted by Gasteiger charge is -2.34. The van der Waals surface area contributed by atoms with Gasteiger partial charge in [-0.25, -0.2) is 9.18 Å². The van der Waals surface area contributed by atoms with Crippen LogP contribution in [-0.2, 0) is 27.3 Å². The molecule has 4 rings (SSSR count). The molecule has 3 aromatic rings. The Kier molecular flexibility index (Phi) is 9.61. The van der Waals surface area contributed by atoms with E-state index in [-0.39, 0.29) is 42.5 Å². The summed E-state index contributed by atoms with van der Waals surface area (Å²) in [4.78, 5) is 40.3. The molecular formula is C31H29Cl2FN2O4. The van der Waals surface area contributed by atoms with Crippen molar-refractivity contribution in [2.24, 2.45) is 0 Å². The second-order valence-corrected chi connectivity index (χ2v) is 10.3. The van der Waals surface area contributed by atoms with Crippen molar-refractivity contribution in [1.82, 2.24) is 10.2 Å². The van der Waals surface area contributed by atoms with E-state index in [1.165, 1.54) is 11.0 Å². The minimum atomic E-state index is -0.738. The van der Waals surface area contributed by atoms with E-state index in [9.17, 15) is 18.8 Å². The van der Waals surface area contributed by atoms with E-state index in [4.69, 9.17) is 27.9 Å². The summed E-state index contributed by atoms with van der Waals surface area (Å²) in [5.41, 5.74) is 3.09. The van der Waals surface area contributed by atoms with Gasteiger partial charge in [0.25, 0.3) is 5.91 Å². The van der Waals surface area contributed by atoms with E-state index in [1.807, 2.05) is 6.07 Å². The molecule has 0 spiro atoms. The van der Waals surface area contributed by atoms with E-state index in [0.717, 1.165) is 11.1 Å². The first-order valence-electron chi connectivity index (χ1n) is 12.9. The number of ether oxygens (including phenoxy) is 1. The molecule has 3 aromatic carbocycles. The first-order valence-corrected chi connectivity index (χ1v) is 13.7. The number of carbonyl (C=O) groups excluding carboxylic acids is 3. The van der Waals surface area contributed by atoms with Gasteiger partial charge in [0, 0.05) is 40.2 Å². The van der Waals surface area contributed by atoms with Crippen molar-refractivity contribution in [3.05, 3.63) is 116 Å². The average molecular weight is 583 g/mol. The third kappa shape index (κ3) is 6.72. The van der Waals surface area contributed by atoms with Crippen LogP contribution in [0.3, 0.4) is 0 Å². The highest BCUT2D eigenvalue weighted by Crippen LogP contribution is 2.38. The highest BCUT2D eigenvalue weighted by atomic mass is 35.5. The maximum absolute atomic E-state index is 14.7. The summed E-state index contributed by atoms with van der Waals surface area (Å²) >= 11 is 12.1. The number of rotatable bonds is 9. The summed E-state index contributed by atoms with van der Waals surface area (Å²) in [7, 11) is 0. The predicted octanol–water partition coefficient (Wildman–Crippen LogP) is 6.46. The molecule has 1 N–H and O–H groups in total. The maximum Gasteiger partial charge on any atom is 0.336 e. The smallest absolute Gasteiger partial charge is 0.336 e. The van der Waals surface area contributed by atoms with Crippen molar-refractivity contribution in [2.45, 2.75) is 39.2 Å². The lowest BCUT2D eigenvalue weighted by Crippen LogP contribution is -2.38. The van der Waals surface area contributed by atoms with Gasteiger partial charge in [-0.3, -0.25) is 9.59 Å². The number of allylic oxidation sites excluding steroid dienone is 1. The van der Waals surface area contributed by atoms with Gasteiger partial charge in [-0.15, -0.1) is 0 Å². The molecule has 0 aromatic heterocycles. The third-order valence-corrected chi connectivity index (χ3v) is 7.44. The predicted molar refractivity (Wildman–Crippen MR) is 153 cm³/mol. The van der Waals surface area contributed by atoms with Crippen LogP contribution in [0.25, 0.3) is 0 Å². The summed E-state index contributed by atoms with van der Waals surface area (Å²) in [5.74, 6) is -2.26. The molecule has 0 fully saturated rings. The SMILES string of the molecule is CCOC(=O)C1=C(C)N(Cc2ccc(C(=O)NCCc3ccc(Cl)cc3Cl)cc2)C(=O)CC1c1ccccc1F. The van der Waals surface area contributed by atoms with Gasteiger partial charge >= 0.3 is 5.97 Å². The molecule has 1 aliphatic rings. The molecule has 0 saturated carbocycles. The van der Waals surface area contributed by atoms with E-state index in [2.05, 4.69) is 5.32 Å². The monoisotopic (exact) mass is 582 g/mol. The Bertz CT molecular complexity index is 1460. The molecule has 2 amide bonds. The summed E-state index contributed by atoms with van der Waals surface area (Å²) in [6, 6.07) is 18.3. The van der Waals surface area contributed by atoms with E-state index in [0.29, 0.717) is 34.3 Å². The van der Waals surface area contributed by atoms with E-state index >= 15 is 0 Å². The average Bonchev–Trinajstić information content (AvgIpc) is 2.92. The van der Waals surface area contributed by atoms with Gasteiger partial charge in [-0.1, -0.05) is 59.6 Å². The fourth-order valence-electron chi connectivity index (χ4n) is 4.78. The van der Waals surface area contributed by atoms with Gasteiger partial charge in [0.15, 0.2) is 0 Å². The quantitative estimate of drug-likeness (QED) is 0.294. The Labute approximate surface area is 242 Å². The summed E-state index contributed by atoms with van der Waals surface area (Å²) < 4.78 is 19.9. The highest BCUT2D eigenvalue weighted by molar-refractivity contribution is 6.35. The molecule has 0 radical (unpaired) electrons. The van der Waals surface area contributed by atoms with E-state index < -0.39 is 17.7 Å². The highest BCUT2D eigenvalue weighted by Gasteiger charge is 2.38. The zero-order valence-electron chi connectivity index (χ0n) is 22.2. The molecule has 0 bridgehead atoms. The summed E-state index contributed by atoms with van der Waals surface area (Å²) in [6.45, 7) is 4.11. The van der Waals surface area contributed by atoms with Crippen molar-refractivity contribution in [3.8, 4) is 0 Å². The molecule has 9 heteroatoms. The Balaban J connectivity index is 1.47. The number of hydrogen-bond acceptors (Lipinski definition) is 4. The first-order chi connectivity index (χ1) is 19.2. The zero-order valence-corrected chi connectivity index (χ0v) is 23.7. The number of carbonyl (C=O) groups is 3. The van der Waals surface area contributed by atoms with Crippen LogP contribution >= 0.6 is 23.2 Å². The van der Waals surface area contributed by atoms with Gasteiger partial charge in [0.2, 0.25) is 5.91 Å². The first kappa shape index (κ1) is 29.3. The Hall–Kier alpha value is -3.68. The summed E-state index contributed by atoms with van der Waals surface area (Å²) in [6.07, 6.45) is 0.490. The molecule has 6 nitrogen and oxygen atoms in total. The Morgan fingerprint density at radius 2 is 1.80 bits per heavy atom. The Morgan fingerprint density at radius 3 is 2.48 bits per heavy atom. The van der Waals surface area contributed by atoms with Gasteiger partial charge in [-0.05, 0) is 67.3 Å². The standard InChI is InChI=1S/C31H29Cl2FN2O4/c1-3-40-31(39)29-19(2)36(28(37)17-25(29)24-6-4-5-7-27(24)34)18-20-8-10-22(11-9-20)30(38)35-15-14-21-12-13-23(32)16-26(21)33/h4-13,16,25H,3,14-15,17-18H2,1-2H3,(H,35,38). The second-order valence-electron chi connectivity index (χ2n) is 9.42. The van der Waals surface area contributed by atoms with Crippen molar-refractivity contribution in [1.29, 1.82) is 0 Å². The van der Waals surface area contributed by atoms with Gasteiger partial charge < -0.3 is 15.0 Å². The van der Waals surface area contributed by atoms with Crippen LogP contribution in [0.2, 0.25) is 10.0 Å². The van der Waals surface area contributed by atoms with Crippen molar-refractivity contribution in [2.75, 3.05) is 13.2 Å². The van der Waals surface area contributed by atoms with Crippen LogP contribution in [0, 0.1) is 5.82 Å². The molecule has 0 saturated heterocycles. The van der Waals surface area contributed by atoms with Gasteiger partial charge in [0.05, 0.1) is 18.7 Å². The van der Waals surface area contributed by atoms with Gasteiger partial charge in [-0.2, -0.15) is 0 Å². The minimum absolute atomic E-state index is 0.0649. The van der Waals surface area contributed by atoms with Crippen LogP contribution in [0.4, 0.5) is 4.39 Å². The van der Waals surface area contributed by atoms with Crippen LogP contribution in [0.5, 0.6) is 0 Å². The molecule has 1 aliphatic heterocycles. The molecule has 0 aliphatic carbocycles. The number of nitrogens with zero attached hydrogens (tertiary/aromatic N) is 1. The number of amides is 2. The maximum atomic E-state index is 14.7. The van der Waals surface area contributed by atoms with Crippen molar-refractivity contribution in [3.63, 3.8) is 0 Å². The number of nitrogens with one attached hydrogen (secondary N) is 1. The van der Waals surface area contributed by atoms with Crippen molar-refractivity contribution >= 4 is 41.0 Å². The minimum Gasteiger partial charge on any atom is -0.463 e. The molecule has 1 atom stereocenters. The fraction of sp³-hybridized carbons (Fsp3) is 0.258. The topological polar surface area (TPSA) is 75.7 Å². The van der Waals surface area contributed by atoms with Crippen LogP contribution in [0.15, 0.2) is 78.0 Å². The van der Waals surface area contributed by atoms with Gasteiger partial charge in [0.1, 0.15) is 5.82 Å². The number of hydrogen-bond donors (Lipinski definition) is 1. The lowest BCUT2D eigenvalue weighted by molar-refractivity contribution is -0.140. The molecular weight excluding hydrogens is 554 g/mol. The zero-order chi connectivity index (χ0) is 28.8. The third-order valence-electron chi connectivity index (χ3n) is 6.85. The lowest BCUT2D eigenvalue weighted by atomic mass is 9.83. The molecule has 208 valence electrons. The number of esters is 1. The molecule has 1 unspecified atom stereocenters. The van der Waals surface area contributed by atoms with Crippen LogP contribution in [-0.4, -0.2) is 35.8 Å².